The lowest BCUT2D eigenvalue weighted by Gasteiger charge is -2.06. The summed E-state index contributed by atoms with van der Waals surface area (Å²) in [6.45, 7) is 0. The second-order valence-electron chi connectivity index (χ2n) is 5.33. The number of rotatable bonds is 3. The number of imidazole rings is 1. The third-order valence-electron chi connectivity index (χ3n) is 3.72. The fourth-order valence-corrected chi connectivity index (χ4v) is 2.52. The van der Waals surface area contributed by atoms with Crippen molar-refractivity contribution >= 4 is 17.4 Å². The topological polar surface area (TPSA) is 109 Å². The summed E-state index contributed by atoms with van der Waals surface area (Å²) in [4.78, 5) is 24.6. The van der Waals surface area contributed by atoms with E-state index >= 15 is 0 Å². The molecule has 8 nitrogen and oxygen atoms in total. The van der Waals surface area contributed by atoms with Crippen molar-refractivity contribution in [3.8, 4) is 17.3 Å². The summed E-state index contributed by atoms with van der Waals surface area (Å²) < 4.78 is 1.44. The summed E-state index contributed by atoms with van der Waals surface area (Å²) in [5.41, 5.74) is 2.53. The molecular weight excluding hydrogens is 330 g/mol. The van der Waals surface area contributed by atoms with Gasteiger partial charge in [0.15, 0.2) is 17.2 Å². The van der Waals surface area contributed by atoms with Crippen LogP contribution in [0.1, 0.15) is 16.1 Å². The van der Waals surface area contributed by atoms with Crippen molar-refractivity contribution in [3.63, 3.8) is 0 Å². The molecule has 0 saturated heterocycles. The molecule has 124 valence electrons. The molecule has 4 rings (SSSR count). The number of benzene rings is 1. The predicted molar refractivity (Wildman–Crippen MR) is 93.1 cm³/mol. The second-order valence-corrected chi connectivity index (χ2v) is 5.33. The Kier molecular flexibility index (Phi) is 3.80. The third-order valence-corrected chi connectivity index (χ3v) is 3.72. The van der Waals surface area contributed by atoms with Crippen LogP contribution >= 0.6 is 0 Å². The van der Waals surface area contributed by atoms with Crippen LogP contribution in [0, 0.1) is 11.3 Å². The minimum absolute atomic E-state index is 0.252. The number of nitrogens with one attached hydrogen (secondary N) is 1. The van der Waals surface area contributed by atoms with Crippen LogP contribution in [0.25, 0.3) is 16.9 Å². The number of amides is 1. The Morgan fingerprint density at radius 3 is 2.77 bits per heavy atom. The van der Waals surface area contributed by atoms with Gasteiger partial charge in [-0.1, -0.05) is 18.2 Å². The number of carbonyl (C=O) groups is 1. The molecule has 0 aliphatic heterocycles. The molecule has 3 aromatic heterocycles. The molecule has 4 aromatic rings. The second kappa shape index (κ2) is 6.41. The Bertz CT molecular complexity index is 1150. The normalized spacial score (nSPS) is 10.4. The summed E-state index contributed by atoms with van der Waals surface area (Å²) >= 11 is 0. The van der Waals surface area contributed by atoms with Crippen molar-refractivity contribution in [2.75, 3.05) is 5.32 Å². The van der Waals surface area contributed by atoms with Crippen molar-refractivity contribution in [2.45, 2.75) is 0 Å². The lowest BCUT2D eigenvalue weighted by Crippen LogP contribution is -2.16. The van der Waals surface area contributed by atoms with Gasteiger partial charge in [0.2, 0.25) is 0 Å². The highest BCUT2D eigenvalue weighted by Crippen LogP contribution is 2.21. The van der Waals surface area contributed by atoms with E-state index in [4.69, 9.17) is 0 Å². The molecule has 1 aromatic carbocycles. The molecule has 0 bridgehead atoms. The first-order chi connectivity index (χ1) is 12.8. The first kappa shape index (κ1) is 15.4. The smallest absolute Gasteiger partial charge is 0.277 e. The van der Waals surface area contributed by atoms with Gasteiger partial charge in [0.1, 0.15) is 0 Å². The van der Waals surface area contributed by atoms with Gasteiger partial charge < -0.3 is 5.32 Å². The van der Waals surface area contributed by atoms with E-state index in [9.17, 15) is 10.1 Å². The number of aromatic nitrogens is 5. The number of carbonyl (C=O) groups excluding carboxylic acids is 1. The molecule has 26 heavy (non-hydrogen) atoms. The average Bonchev–Trinajstić information content (AvgIpc) is 3.12. The molecule has 0 unspecified atom stereocenters. The van der Waals surface area contributed by atoms with Crippen LogP contribution < -0.4 is 5.32 Å². The summed E-state index contributed by atoms with van der Waals surface area (Å²) in [5.74, 6) is -0.0744. The quantitative estimate of drug-likeness (QED) is 0.612. The summed E-state index contributed by atoms with van der Waals surface area (Å²) in [6, 6.07) is 12.8. The maximum absolute atomic E-state index is 12.5. The lowest BCUT2D eigenvalue weighted by molar-refractivity contribution is 0.102. The molecule has 0 fully saturated rings. The molecule has 0 atom stereocenters. The molecule has 8 heteroatoms. The highest BCUT2D eigenvalue weighted by molar-refractivity contribution is 6.02. The summed E-state index contributed by atoms with van der Waals surface area (Å²) in [5, 5.41) is 16.4. The van der Waals surface area contributed by atoms with E-state index in [1.807, 2.05) is 12.1 Å². The monoisotopic (exact) mass is 341 g/mol. The molecule has 0 aliphatic rings. The van der Waals surface area contributed by atoms with Gasteiger partial charge in [0, 0.05) is 18.0 Å². The Labute approximate surface area is 147 Å². The minimum Gasteiger partial charge on any atom is -0.304 e. The van der Waals surface area contributed by atoms with Gasteiger partial charge in [-0.2, -0.15) is 10.4 Å². The molecule has 0 aliphatic carbocycles. The lowest BCUT2D eigenvalue weighted by atomic mass is 10.1. The van der Waals surface area contributed by atoms with Gasteiger partial charge in [-0.3, -0.25) is 9.78 Å². The van der Waals surface area contributed by atoms with Gasteiger partial charge in [-0.15, -0.1) is 0 Å². The van der Waals surface area contributed by atoms with E-state index in [1.54, 1.807) is 24.3 Å². The zero-order chi connectivity index (χ0) is 17.9. The maximum Gasteiger partial charge on any atom is 0.277 e. The van der Waals surface area contributed by atoms with Crippen LogP contribution in [0.5, 0.6) is 0 Å². The first-order valence-electron chi connectivity index (χ1n) is 7.68. The Morgan fingerprint density at radius 2 is 1.96 bits per heavy atom. The number of anilines is 1. The molecule has 0 saturated carbocycles. The van der Waals surface area contributed by atoms with E-state index < -0.39 is 5.91 Å². The van der Waals surface area contributed by atoms with Crippen LogP contribution in [-0.4, -0.2) is 30.5 Å². The fourth-order valence-electron chi connectivity index (χ4n) is 2.52. The highest BCUT2D eigenvalue weighted by atomic mass is 16.2. The molecule has 3 heterocycles. The number of nitriles is 1. The van der Waals surface area contributed by atoms with Crippen molar-refractivity contribution in [1.29, 1.82) is 5.26 Å². The van der Waals surface area contributed by atoms with Gasteiger partial charge in [0.05, 0.1) is 29.7 Å². The van der Waals surface area contributed by atoms with Crippen molar-refractivity contribution in [2.24, 2.45) is 0 Å². The van der Waals surface area contributed by atoms with Crippen LogP contribution in [0.4, 0.5) is 5.82 Å². The Morgan fingerprint density at radius 1 is 1.08 bits per heavy atom. The maximum atomic E-state index is 12.5. The van der Waals surface area contributed by atoms with Crippen molar-refractivity contribution in [3.05, 3.63) is 72.4 Å². The van der Waals surface area contributed by atoms with Crippen LogP contribution in [0.3, 0.4) is 0 Å². The van der Waals surface area contributed by atoms with Gasteiger partial charge in [-0.05, 0) is 18.2 Å². The molecule has 0 radical (unpaired) electrons. The summed E-state index contributed by atoms with van der Waals surface area (Å²) in [6.07, 6.45) is 5.89. The van der Waals surface area contributed by atoms with Crippen molar-refractivity contribution in [1.82, 2.24) is 24.6 Å². The van der Waals surface area contributed by atoms with E-state index in [2.05, 4.69) is 31.4 Å². The first-order valence-corrected chi connectivity index (χ1v) is 7.68. The minimum atomic E-state index is -0.406. The number of nitrogens with zero attached hydrogens (tertiary/aromatic N) is 6. The SMILES string of the molecule is N#Cc1ccccc1-c1ccc2ncc(C(=O)Nc3cnccn3)n2n1. The van der Waals surface area contributed by atoms with Gasteiger partial charge in [0.25, 0.3) is 5.91 Å². The number of hydrogen-bond donors (Lipinski definition) is 1. The summed E-state index contributed by atoms with van der Waals surface area (Å²) in [7, 11) is 0. The Hall–Kier alpha value is -4.12. The fraction of sp³-hybridized carbons (Fsp3) is 0. The largest absolute Gasteiger partial charge is 0.304 e. The molecule has 1 amide bonds. The molecular formula is C18H11N7O. The van der Waals surface area contributed by atoms with E-state index in [0.717, 1.165) is 0 Å². The van der Waals surface area contributed by atoms with Crippen LogP contribution in [0.15, 0.2) is 61.2 Å². The Balaban J connectivity index is 1.76. The average molecular weight is 341 g/mol. The zero-order valence-corrected chi connectivity index (χ0v) is 13.4. The van der Waals surface area contributed by atoms with E-state index in [1.165, 1.54) is 29.3 Å². The number of fused-ring (bicyclic) bond motifs is 1. The zero-order valence-electron chi connectivity index (χ0n) is 13.4. The van der Waals surface area contributed by atoms with Crippen LogP contribution in [0.2, 0.25) is 0 Å². The van der Waals surface area contributed by atoms with Gasteiger partial charge >= 0.3 is 0 Å². The third kappa shape index (κ3) is 2.74. The van der Waals surface area contributed by atoms with E-state index in [0.29, 0.717) is 28.3 Å². The van der Waals surface area contributed by atoms with Crippen molar-refractivity contribution < 1.29 is 4.79 Å². The molecule has 0 spiro atoms. The predicted octanol–water partition coefficient (Wildman–Crippen LogP) is 2.31. The van der Waals surface area contributed by atoms with Crippen LogP contribution in [-0.2, 0) is 0 Å². The standard InChI is InChI=1S/C18H11N7O/c19-9-12-3-1-2-4-13(12)14-5-6-17-22-10-15(25(17)24-14)18(26)23-16-11-20-7-8-21-16/h1-8,10-11H,(H,21,23,26). The van der Waals surface area contributed by atoms with E-state index in [-0.39, 0.29) is 5.69 Å². The highest BCUT2D eigenvalue weighted by Gasteiger charge is 2.15. The van der Waals surface area contributed by atoms with Gasteiger partial charge in [-0.25, -0.2) is 14.5 Å². The molecule has 1 N–H and O–H groups in total. The number of hydrogen-bond acceptors (Lipinski definition) is 6.